The molecule has 1 aromatic carbocycles. The third kappa shape index (κ3) is 6.21. The predicted molar refractivity (Wildman–Crippen MR) is 111 cm³/mol. The molecule has 0 fully saturated rings. The van der Waals surface area contributed by atoms with Crippen molar-refractivity contribution in [2.45, 2.75) is 7.59 Å². The zero-order valence-corrected chi connectivity index (χ0v) is 18.2. The molecular weight excluding hydrogens is 495 g/mol. The van der Waals surface area contributed by atoms with Crippen LogP contribution in [0.2, 0.25) is 0 Å². The van der Waals surface area contributed by atoms with E-state index >= 15 is 0 Å². The van der Waals surface area contributed by atoms with Crippen molar-refractivity contribution in [2.24, 2.45) is 0 Å². The Kier molecular flexibility index (Phi) is 7.47. The first kappa shape index (κ1) is 21.7. The Balaban J connectivity index is 2.51. The van der Waals surface area contributed by atoms with E-state index in [0.29, 0.717) is 5.69 Å². The van der Waals surface area contributed by atoms with Gasteiger partial charge in [-0.2, -0.15) is 8.17 Å². The summed E-state index contributed by atoms with van der Waals surface area (Å²) in [7, 11) is 0. The Labute approximate surface area is 181 Å². The predicted octanol–water partition coefficient (Wildman–Crippen LogP) is 4.53. The highest BCUT2D eigenvalue weighted by molar-refractivity contribution is 8.00. The second kappa shape index (κ2) is 8.61. The van der Waals surface area contributed by atoms with E-state index in [4.69, 9.17) is 69.6 Å². The van der Waals surface area contributed by atoms with E-state index in [0.717, 1.165) is 36.6 Å². The lowest BCUT2D eigenvalue weighted by Crippen LogP contribution is -2.26. The van der Waals surface area contributed by atoms with Crippen LogP contribution in [0.15, 0.2) is 39.9 Å². The minimum atomic E-state index is -1.61. The number of rotatable bonds is 5. The van der Waals surface area contributed by atoms with Crippen LogP contribution in [0.1, 0.15) is 0 Å². The molecule has 2 rings (SSSR count). The second-order valence-corrected chi connectivity index (χ2v) is 11.4. The third-order valence-corrected chi connectivity index (χ3v) is 6.70. The lowest BCUT2D eigenvalue weighted by Gasteiger charge is -2.13. The molecule has 0 aliphatic rings. The van der Waals surface area contributed by atoms with Crippen molar-refractivity contribution in [3.63, 3.8) is 0 Å². The molecule has 138 valence electrons. The molecular formula is C12H9Cl6N3O2S2. The summed E-state index contributed by atoms with van der Waals surface area (Å²) in [5, 5.41) is 0. The van der Waals surface area contributed by atoms with Crippen LogP contribution in [0, 0.1) is 0 Å². The second-order valence-electron chi connectivity index (χ2n) is 4.56. The molecule has 5 nitrogen and oxygen atoms in total. The fourth-order valence-electron chi connectivity index (χ4n) is 1.69. The normalized spacial score (nSPS) is 12.6. The first-order valence-corrected chi connectivity index (χ1v) is 10.6. The van der Waals surface area contributed by atoms with Crippen molar-refractivity contribution in [1.29, 1.82) is 0 Å². The summed E-state index contributed by atoms with van der Waals surface area (Å²) in [4.78, 5) is 25.4. The fourth-order valence-corrected chi connectivity index (χ4v) is 4.12. The van der Waals surface area contributed by atoms with Crippen molar-refractivity contribution in [3.05, 3.63) is 51.3 Å². The molecule has 1 heterocycles. The average molecular weight is 504 g/mol. The largest absolute Gasteiger partial charge is 0.363 e. The smallest absolute Gasteiger partial charge is 0.244 e. The molecule has 13 heteroatoms. The standard InChI is InChI=1S/C12H9Cl6N3O2S2/c13-11(14,15)6-24-20-9(22)19(8-4-2-1-3-5-8)10(23)21(20)25-7-12(16,17)18/h1-5H,6-7H2. The number of hydrogen-bond donors (Lipinski definition) is 0. The molecule has 0 aliphatic heterocycles. The van der Waals surface area contributed by atoms with Crippen LogP contribution >= 0.6 is 93.5 Å². The molecule has 0 saturated heterocycles. The van der Waals surface area contributed by atoms with Crippen LogP contribution < -0.4 is 11.4 Å². The number of halogens is 6. The Morgan fingerprint density at radius 1 is 0.760 bits per heavy atom. The Hall–Kier alpha value is 0.400. The summed E-state index contributed by atoms with van der Waals surface area (Å²) >= 11 is 36.1. The fraction of sp³-hybridized carbons (Fsp3) is 0.333. The van der Waals surface area contributed by atoms with E-state index < -0.39 is 19.0 Å². The molecule has 0 spiro atoms. The maximum Gasteiger partial charge on any atom is 0.363 e. The Bertz CT molecular complexity index is 788. The van der Waals surface area contributed by atoms with E-state index in [1.165, 1.54) is 0 Å². The minimum Gasteiger partial charge on any atom is -0.244 e. The molecule has 0 aliphatic carbocycles. The van der Waals surface area contributed by atoms with Gasteiger partial charge in [-0.15, -0.1) is 0 Å². The van der Waals surface area contributed by atoms with Gasteiger partial charge in [0.25, 0.3) is 0 Å². The molecule has 0 atom stereocenters. The number of benzene rings is 1. The first-order valence-electron chi connectivity index (χ1n) is 6.42. The summed E-state index contributed by atoms with van der Waals surface area (Å²) in [6.45, 7) is 0. The van der Waals surface area contributed by atoms with Crippen molar-refractivity contribution < 1.29 is 0 Å². The highest BCUT2D eigenvalue weighted by Crippen LogP contribution is 2.32. The summed E-state index contributed by atoms with van der Waals surface area (Å²) in [5.41, 5.74) is -0.839. The van der Waals surface area contributed by atoms with Crippen LogP contribution in [0.25, 0.3) is 5.69 Å². The highest BCUT2D eigenvalue weighted by atomic mass is 35.6. The molecule has 2 aromatic rings. The quantitative estimate of drug-likeness (QED) is 0.562. The Morgan fingerprint density at radius 3 is 1.52 bits per heavy atom. The van der Waals surface area contributed by atoms with Gasteiger partial charge < -0.3 is 0 Å². The van der Waals surface area contributed by atoms with Gasteiger partial charge in [0.15, 0.2) is 0 Å². The maximum absolute atomic E-state index is 12.7. The van der Waals surface area contributed by atoms with Gasteiger partial charge in [-0.3, -0.25) is 0 Å². The van der Waals surface area contributed by atoms with E-state index in [1.54, 1.807) is 30.3 Å². The summed E-state index contributed by atoms with van der Waals surface area (Å²) in [6.07, 6.45) is 0. The van der Waals surface area contributed by atoms with Gasteiger partial charge in [0.05, 0.1) is 17.2 Å². The van der Waals surface area contributed by atoms with E-state index in [2.05, 4.69) is 0 Å². The van der Waals surface area contributed by atoms with Gasteiger partial charge in [0.2, 0.25) is 7.59 Å². The number of hydrogen-bond acceptors (Lipinski definition) is 4. The Morgan fingerprint density at radius 2 is 1.16 bits per heavy atom. The molecule has 0 unspecified atom stereocenters. The lowest BCUT2D eigenvalue weighted by molar-refractivity contribution is 0.885. The van der Waals surface area contributed by atoms with E-state index in [1.807, 2.05) is 0 Å². The van der Waals surface area contributed by atoms with Gasteiger partial charge in [0.1, 0.15) is 0 Å². The molecule has 0 amide bonds. The topological polar surface area (TPSA) is 48.9 Å². The van der Waals surface area contributed by atoms with Crippen molar-refractivity contribution >= 4 is 93.5 Å². The van der Waals surface area contributed by atoms with Crippen LogP contribution in [0.4, 0.5) is 0 Å². The van der Waals surface area contributed by atoms with Gasteiger partial charge in [-0.1, -0.05) is 87.8 Å². The zero-order chi connectivity index (χ0) is 18.8. The monoisotopic (exact) mass is 501 g/mol. The van der Waals surface area contributed by atoms with Gasteiger partial charge in [0, 0.05) is 0 Å². The van der Waals surface area contributed by atoms with Crippen molar-refractivity contribution in [1.82, 2.24) is 12.7 Å². The van der Waals surface area contributed by atoms with Crippen molar-refractivity contribution in [3.8, 4) is 5.69 Å². The lowest BCUT2D eigenvalue weighted by atomic mass is 10.3. The third-order valence-electron chi connectivity index (χ3n) is 2.59. The average Bonchev–Trinajstić information content (AvgIpc) is 2.72. The number of nitrogens with zero attached hydrogens (tertiary/aromatic N) is 3. The zero-order valence-electron chi connectivity index (χ0n) is 12.0. The first-order chi connectivity index (χ1) is 11.5. The molecule has 0 saturated carbocycles. The molecule has 0 N–H and O–H groups in total. The molecule has 25 heavy (non-hydrogen) atoms. The van der Waals surface area contributed by atoms with Crippen LogP contribution in [0.5, 0.6) is 0 Å². The molecule has 1 aromatic heterocycles. The van der Waals surface area contributed by atoms with Crippen LogP contribution in [0.3, 0.4) is 0 Å². The molecule has 0 radical (unpaired) electrons. The maximum atomic E-state index is 12.7. The van der Waals surface area contributed by atoms with E-state index in [-0.39, 0.29) is 11.5 Å². The number of alkyl halides is 6. The van der Waals surface area contributed by atoms with E-state index in [9.17, 15) is 9.59 Å². The van der Waals surface area contributed by atoms with Gasteiger partial charge in [-0.05, 0) is 36.0 Å². The number of para-hydroxylation sites is 1. The van der Waals surface area contributed by atoms with Crippen molar-refractivity contribution in [2.75, 3.05) is 11.5 Å². The summed E-state index contributed by atoms with van der Waals surface area (Å²) in [6, 6.07) is 8.41. The van der Waals surface area contributed by atoms with Gasteiger partial charge in [-0.25, -0.2) is 14.2 Å². The summed E-state index contributed by atoms with van der Waals surface area (Å²) in [5.74, 6) is -0.131. The molecule has 0 bridgehead atoms. The van der Waals surface area contributed by atoms with Crippen LogP contribution in [-0.4, -0.2) is 31.8 Å². The minimum absolute atomic E-state index is 0.0653. The van der Waals surface area contributed by atoms with Gasteiger partial charge >= 0.3 is 11.4 Å². The van der Waals surface area contributed by atoms with Crippen LogP contribution in [-0.2, 0) is 0 Å². The summed E-state index contributed by atoms with van der Waals surface area (Å²) < 4.78 is -0.104. The number of aromatic nitrogens is 3. The SMILES string of the molecule is O=c1n(-c2ccccc2)c(=O)n(SCC(Cl)(Cl)Cl)n1SCC(Cl)(Cl)Cl. The highest BCUT2D eigenvalue weighted by Gasteiger charge is 2.27.